The molecular formula is C16H24FN3. The molecule has 0 amide bonds. The summed E-state index contributed by atoms with van der Waals surface area (Å²) in [6.07, 6.45) is 3.56. The van der Waals surface area contributed by atoms with E-state index in [1.165, 1.54) is 18.7 Å². The van der Waals surface area contributed by atoms with Gasteiger partial charge in [0.25, 0.3) is 0 Å². The predicted octanol–water partition coefficient (Wildman–Crippen LogP) is 2.60. The summed E-state index contributed by atoms with van der Waals surface area (Å²) >= 11 is 0. The first-order chi connectivity index (χ1) is 9.74. The molecule has 2 fully saturated rings. The minimum atomic E-state index is -0.252. The van der Waals surface area contributed by atoms with Gasteiger partial charge in [-0.3, -0.25) is 9.88 Å². The number of rotatable bonds is 4. The van der Waals surface area contributed by atoms with Crippen LogP contribution in [0.4, 0.5) is 4.39 Å². The van der Waals surface area contributed by atoms with Crippen LogP contribution in [0.1, 0.15) is 38.4 Å². The number of hydrogen-bond acceptors (Lipinski definition) is 3. The summed E-state index contributed by atoms with van der Waals surface area (Å²) in [5.41, 5.74) is 1.01. The van der Waals surface area contributed by atoms with Gasteiger partial charge < -0.3 is 5.32 Å². The molecule has 4 atom stereocenters. The van der Waals surface area contributed by atoms with Crippen molar-refractivity contribution in [2.75, 3.05) is 19.6 Å². The number of halogens is 1. The van der Waals surface area contributed by atoms with E-state index in [1.807, 2.05) is 6.07 Å². The summed E-state index contributed by atoms with van der Waals surface area (Å²) in [4.78, 5) is 6.95. The van der Waals surface area contributed by atoms with E-state index in [0.717, 1.165) is 43.6 Å². The normalized spacial score (nSPS) is 31.4. The van der Waals surface area contributed by atoms with Crippen molar-refractivity contribution in [3.63, 3.8) is 0 Å². The van der Waals surface area contributed by atoms with Gasteiger partial charge in [-0.2, -0.15) is 0 Å². The maximum Gasteiger partial charge on any atom is 0.141 e. The molecular weight excluding hydrogens is 253 g/mol. The molecule has 20 heavy (non-hydrogen) atoms. The van der Waals surface area contributed by atoms with Crippen LogP contribution in [0.25, 0.3) is 0 Å². The van der Waals surface area contributed by atoms with Crippen molar-refractivity contribution in [3.8, 4) is 0 Å². The van der Waals surface area contributed by atoms with Crippen LogP contribution in [0.15, 0.2) is 18.3 Å². The van der Waals surface area contributed by atoms with Gasteiger partial charge in [-0.1, -0.05) is 13.8 Å². The van der Waals surface area contributed by atoms with Crippen LogP contribution in [0.2, 0.25) is 0 Å². The Morgan fingerprint density at radius 2 is 2.25 bits per heavy atom. The third kappa shape index (κ3) is 2.35. The highest BCUT2D eigenvalue weighted by atomic mass is 19.1. The lowest BCUT2D eigenvalue weighted by molar-refractivity contribution is 0.147. The largest absolute Gasteiger partial charge is 0.316 e. The molecule has 2 aliphatic heterocycles. The molecule has 2 aliphatic rings. The minimum absolute atomic E-state index is 0.252. The highest BCUT2D eigenvalue weighted by Gasteiger charge is 2.45. The van der Waals surface area contributed by atoms with E-state index in [4.69, 9.17) is 0 Å². The van der Waals surface area contributed by atoms with E-state index >= 15 is 0 Å². The highest BCUT2D eigenvalue weighted by molar-refractivity contribution is 5.12. The van der Waals surface area contributed by atoms with E-state index in [9.17, 15) is 4.39 Å². The zero-order valence-corrected chi connectivity index (χ0v) is 12.3. The Kier molecular flexibility index (Phi) is 4.03. The SMILES string of the molecule is CCC(c1ccc(F)cn1)N1CC2CNCC2C1CC. The van der Waals surface area contributed by atoms with E-state index < -0.39 is 0 Å². The van der Waals surface area contributed by atoms with Crippen molar-refractivity contribution in [1.82, 2.24) is 15.2 Å². The van der Waals surface area contributed by atoms with Crippen LogP contribution in [-0.4, -0.2) is 35.6 Å². The summed E-state index contributed by atoms with van der Waals surface area (Å²) < 4.78 is 13.1. The lowest BCUT2D eigenvalue weighted by Gasteiger charge is -2.33. The zero-order chi connectivity index (χ0) is 14.1. The van der Waals surface area contributed by atoms with E-state index in [0.29, 0.717) is 12.1 Å². The van der Waals surface area contributed by atoms with Crippen LogP contribution >= 0.6 is 0 Å². The number of nitrogens with zero attached hydrogens (tertiary/aromatic N) is 2. The second-order valence-corrected chi connectivity index (χ2v) is 6.08. The van der Waals surface area contributed by atoms with Crippen molar-refractivity contribution in [3.05, 3.63) is 29.8 Å². The predicted molar refractivity (Wildman–Crippen MR) is 77.9 cm³/mol. The molecule has 3 heterocycles. The monoisotopic (exact) mass is 277 g/mol. The smallest absolute Gasteiger partial charge is 0.141 e. The molecule has 1 aromatic heterocycles. The van der Waals surface area contributed by atoms with Crippen LogP contribution in [0, 0.1) is 17.7 Å². The third-order valence-corrected chi connectivity index (χ3v) is 5.05. The fraction of sp³-hybridized carbons (Fsp3) is 0.688. The number of hydrogen-bond donors (Lipinski definition) is 1. The summed E-state index contributed by atoms with van der Waals surface area (Å²) in [5.74, 6) is 1.29. The van der Waals surface area contributed by atoms with Crippen LogP contribution < -0.4 is 5.32 Å². The van der Waals surface area contributed by atoms with Crippen molar-refractivity contribution >= 4 is 0 Å². The lowest BCUT2D eigenvalue weighted by Crippen LogP contribution is -2.38. The topological polar surface area (TPSA) is 28.2 Å². The van der Waals surface area contributed by atoms with Gasteiger partial charge >= 0.3 is 0 Å². The molecule has 3 rings (SSSR count). The molecule has 0 aromatic carbocycles. The van der Waals surface area contributed by atoms with Crippen molar-refractivity contribution in [1.29, 1.82) is 0 Å². The number of aromatic nitrogens is 1. The quantitative estimate of drug-likeness (QED) is 0.917. The zero-order valence-electron chi connectivity index (χ0n) is 12.3. The summed E-state index contributed by atoms with van der Waals surface area (Å²) in [6.45, 7) is 7.92. The van der Waals surface area contributed by atoms with Gasteiger partial charge in [0.15, 0.2) is 0 Å². The molecule has 4 unspecified atom stereocenters. The average Bonchev–Trinajstić information content (AvgIpc) is 3.02. The van der Waals surface area contributed by atoms with E-state index in [2.05, 4.69) is 29.0 Å². The van der Waals surface area contributed by atoms with Gasteiger partial charge in [-0.15, -0.1) is 0 Å². The minimum Gasteiger partial charge on any atom is -0.316 e. The van der Waals surface area contributed by atoms with Crippen molar-refractivity contribution in [2.45, 2.75) is 38.8 Å². The standard InChI is InChI=1S/C16H24FN3/c1-3-15-13-9-18-7-11(13)10-20(15)16(4-2)14-6-5-12(17)8-19-14/h5-6,8,11,13,15-16,18H,3-4,7,9-10H2,1-2H3. The molecule has 4 heteroatoms. The fourth-order valence-electron chi connectivity index (χ4n) is 4.15. The first-order valence-electron chi connectivity index (χ1n) is 7.82. The van der Waals surface area contributed by atoms with E-state index in [1.54, 1.807) is 0 Å². The maximum absolute atomic E-state index is 13.1. The molecule has 1 aromatic rings. The molecule has 0 radical (unpaired) electrons. The molecule has 0 aliphatic carbocycles. The summed E-state index contributed by atoms with van der Waals surface area (Å²) in [7, 11) is 0. The van der Waals surface area contributed by atoms with Gasteiger partial charge in [0.1, 0.15) is 5.82 Å². The summed E-state index contributed by atoms with van der Waals surface area (Å²) in [6, 6.07) is 4.34. The Labute approximate surface area is 120 Å². The lowest BCUT2D eigenvalue weighted by atomic mass is 9.92. The summed E-state index contributed by atoms with van der Waals surface area (Å²) in [5, 5.41) is 3.52. The second-order valence-electron chi connectivity index (χ2n) is 6.08. The van der Waals surface area contributed by atoms with Gasteiger partial charge in [-0.25, -0.2) is 4.39 Å². The fourth-order valence-corrected chi connectivity index (χ4v) is 4.15. The van der Waals surface area contributed by atoms with Crippen molar-refractivity contribution in [2.24, 2.45) is 11.8 Å². The van der Waals surface area contributed by atoms with Gasteiger partial charge in [0.05, 0.1) is 17.9 Å². The van der Waals surface area contributed by atoms with E-state index in [-0.39, 0.29) is 5.82 Å². The van der Waals surface area contributed by atoms with Crippen LogP contribution in [0.3, 0.4) is 0 Å². The Bertz CT molecular complexity index is 448. The first-order valence-corrected chi connectivity index (χ1v) is 7.82. The second kappa shape index (κ2) is 5.78. The Morgan fingerprint density at radius 1 is 1.40 bits per heavy atom. The Hall–Kier alpha value is -1.00. The first kappa shape index (κ1) is 14.0. The van der Waals surface area contributed by atoms with Gasteiger partial charge in [-0.05, 0) is 49.9 Å². The van der Waals surface area contributed by atoms with Crippen LogP contribution in [-0.2, 0) is 0 Å². The molecule has 1 N–H and O–H groups in total. The molecule has 3 nitrogen and oxygen atoms in total. The number of pyridine rings is 1. The number of nitrogens with one attached hydrogen (secondary N) is 1. The third-order valence-electron chi connectivity index (χ3n) is 5.05. The number of fused-ring (bicyclic) bond motifs is 1. The average molecular weight is 277 g/mol. The van der Waals surface area contributed by atoms with Crippen LogP contribution in [0.5, 0.6) is 0 Å². The molecule has 0 spiro atoms. The Morgan fingerprint density at radius 3 is 2.90 bits per heavy atom. The Balaban J connectivity index is 1.83. The highest BCUT2D eigenvalue weighted by Crippen LogP contribution is 2.40. The molecule has 0 saturated carbocycles. The molecule has 2 saturated heterocycles. The molecule has 0 bridgehead atoms. The van der Waals surface area contributed by atoms with Gasteiger partial charge in [0, 0.05) is 12.6 Å². The van der Waals surface area contributed by atoms with Crippen molar-refractivity contribution < 1.29 is 4.39 Å². The van der Waals surface area contributed by atoms with Gasteiger partial charge in [0.2, 0.25) is 0 Å². The molecule has 110 valence electrons. The maximum atomic E-state index is 13.1. The number of likely N-dealkylation sites (tertiary alicyclic amines) is 1.